The highest BCUT2D eigenvalue weighted by molar-refractivity contribution is 7.22. The van der Waals surface area contributed by atoms with Crippen molar-refractivity contribution in [3.63, 3.8) is 0 Å². The summed E-state index contributed by atoms with van der Waals surface area (Å²) in [6.07, 6.45) is 0. The second kappa shape index (κ2) is 7.12. The minimum Gasteiger partial charge on any atom is -0.854 e. The molecule has 2 aromatic heterocycles. The number of methoxy groups -OCH3 is 1. The summed E-state index contributed by atoms with van der Waals surface area (Å²) in [6.45, 7) is 0. The second-order valence-corrected chi connectivity index (χ2v) is 7.18. The number of fused-ring (bicyclic) bond motifs is 1. The Morgan fingerprint density at radius 1 is 1.14 bits per heavy atom. The molecule has 2 aromatic carbocycles. The SMILES string of the molecule is COc1ccc(-c2cc3c(s2)c(=O)c([N+]#N)c([O-])n3-c2ccc(C#N)cc2)cc1. The summed E-state index contributed by atoms with van der Waals surface area (Å²) in [5.41, 5.74) is 0.991. The number of benzene rings is 2. The average Bonchev–Trinajstić information content (AvgIpc) is 3.20. The lowest BCUT2D eigenvalue weighted by Gasteiger charge is -2.16. The van der Waals surface area contributed by atoms with E-state index in [1.807, 2.05) is 18.2 Å². The summed E-state index contributed by atoms with van der Waals surface area (Å²) in [5, 5.41) is 31.1. The molecular formula is C21H12N4O3S. The smallest absolute Gasteiger partial charge is 0.442 e. The van der Waals surface area contributed by atoms with Gasteiger partial charge in [0.25, 0.3) is 5.43 Å². The predicted molar refractivity (Wildman–Crippen MR) is 108 cm³/mol. The number of rotatable bonds is 3. The number of nitriles is 1. The Morgan fingerprint density at radius 2 is 1.83 bits per heavy atom. The Balaban J connectivity index is 2.01. The zero-order chi connectivity index (χ0) is 20.5. The van der Waals surface area contributed by atoms with Crippen LogP contribution in [0.3, 0.4) is 0 Å². The summed E-state index contributed by atoms with van der Waals surface area (Å²) in [4.78, 5) is 16.4. The molecule has 0 atom stereocenters. The van der Waals surface area contributed by atoms with Crippen molar-refractivity contribution in [2.24, 2.45) is 0 Å². The van der Waals surface area contributed by atoms with Gasteiger partial charge in [-0.1, -0.05) is 0 Å². The Labute approximate surface area is 168 Å². The van der Waals surface area contributed by atoms with Gasteiger partial charge in [-0.15, -0.1) is 11.3 Å². The van der Waals surface area contributed by atoms with Crippen molar-refractivity contribution in [3.8, 4) is 33.8 Å². The van der Waals surface area contributed by atoms with Gasteiger partial charge in [0.15, 0.2) is 4.98 Å². The predicted octanol–water partition coefficient (Wildman–Crippen LogP) is 4.16. The Kier molecular flexibility index (Phi) is 4.47. The van der Waals surface area contributed by atoms with Crippen molar-refractivity contribution >= 4 is 27.2 Å². The number of aromatic nitrogens is 1. The lowest BCUT2D eigenvalue weighted by Crippen LogP contribution is -2.12. The fourth-order valence-corrected chi connectivity index (χ4v) is 4.15. The maximum atomic E-state index is 12.9. The molecule has 0 radical (unpaired) electrons. The van der Waals surface area contributed by atoms with E-state index in [4.69, 9.17) is 10.00 Å². The molecule has 0 fully saturated rings. The van der Waals surface area contributed by atoms with E-state index in [0.29, 0.717) is 27.2 Å². The minimum atomic E-state index is -0.728. The quantitative estimate of drug-likeness (QED) is 0.480. The molecule has 0 bridgehead atoms. The van der Waals surface area contributed by atoms with Crippen molar-refractivity contribution in [2.75, 3.05) is 7.11 Å². The van der Waals surface area contributed by atoms with Crippen molar-refractivity contribution in [2.45, 2.75) is 0 Å². The molecule has 0 N–H and O–H groups in total. The van der Waals surface area contributed by atoms with Crippen molar-refractivity contribution < 1.29 is 9.84 Å². The summed E-state index contributed by atoms with van der Waals surface area (Å²) < 4.78 is 6.78. The molecule has 0 unspecified atom stereocenters. The number of hydrogen-bond donors (Lipinski definition) is 0. The van der Waals surface area contributed by atoms with Crippen LogP contribution >= 0.6 is 11.3 Å². The molecule has 0 aliphatic carbocycles. The van der Waals surface area contributed by atoms with Crippen LogP contribution in [-0.4, -0.2) is 11.7 Å². The van der Waals surface area contributed by atoms with E-state index in [2.05, 4.69) is 4.98 Å². The molecule has 2 heterocycles. The summed E-state index contributed by atoms with van der Waals surface area (Å²) >= 11 is 1.21. The van der Waals surface area contributed by atoms with Crippen molar-refractivity contribution in [3.05, 3.63) is 75.4 Å². The van der Waals surface area contributed by atoms with Crippen LogP contribution in [0.5, 0.6) is 11.6 Å². The number of pyridine rings is 1. The first-order valence-electron chi connectivity index (χ1n) is 8.47. The van der Waals surface area contributed by atoms with Crippen LogP contribution in [0.4, 0.5) is 5.69 Å². The van der Waals surface area contributed by atoms with Crippen LogP contribution < -0.4 is 15.3 Å². The van der Waals surface area contributed by atoms with Crippen LogP contribution in [0.1, 0.15) is 5.56 Å². The molecule has 140 valence electrons. The van der Waals surface area contributed by atoms with E-state index >= 15 is 0 Å². The second-order valence-electron chi connectivity index (χ2n) is 6.13. The van der Waals surface area contributed by atoms with Crippen molar-refractivity contribution in [1.82, 2.24) is 4.57 Å². The first kappa shape index (κ1) is 18.2. The highest BCUT2D eigenvalue weighted by Gasteiger charge is 2.24. The van der Waals surface area contributed by atoms with Gasteiger partial charge in [-0.2, -0.15) is 5.26 Å². The summed E-state index contributed by atoms with van der Waals surface area (Å²) in [7, 11) is 1.58. The highest BCUT2D eigenvalue weighted by Crippen LogP contribution is 2.37. The number of hydrogen-bond acceptors (Lipinski definition) is 6. The van der Waals surface area contributed by atoms with Gasteiger partial charge in [-0.25, -0.2) is 0 Å². The Morgan fingerprint density at radius 3 is 2.41 bits per heavy atom. The lowest BCUT2D eigenvalue weighted by molar-refractivity contribution is -0.275. The van der Waals surface area contributed by atoms with Crippen LogP contribution in [-0.2, 0) is 0 Å². The normalized spacial score (nSPS) is 10.4. The molecule has 4 rings (SSSR count). The molecular weight excluding hydrogens is 388 g/mol. The molecule has 0 saturated carbocycles. The monoisotopic (exact) mass is 400 g/mol. The van der Waals surface area contributed by atoms with E-state index in [0.717, 1.165) is 10.4 Å². The lowest BCUT2D eigenvalue weighted by atomic mass is 10.1. The third-order valence-electron chi connectivity index (χ3n) is 4.51. The van der Waals surface area contributed by atoms with E-state index in [1.165, 1.54) is 15.9 Å². The summed E-state index contributed by atoms with van der Waals surface area (Å²) in [5.74, 6) is -0.0241. The molecule has 0 spiro atoms. The van der Waals surface area contributed by atoms with Gasteiger partial charge in [0.1, 0.15) is 10.4 Å². The van der Waals surface area contributed by atoms with Crippen LogP contribution in [0.25, 0.3) is 31.3 Å². The maximum Gasteiger partial charge on any atom is 0.442 e. The molecule has 8 heteroatoms. The Bertz CT molecular complexity index is 1370. The van der Waals surface area contributed by atoms with E-state index in [9.17, 15) is 15.3 Å². The number of nitrogens with zero attached hydrogens (tertiary/aromatic N) is 4. The van der Waals surface area contributed by atoms with E-state index in [-0.39, 0.29) is 0 Å². The number of thiophene rings is 1. The molecule has 0 aliphatic heterocycles. The molecule has 7 nitrogen and oxygen atoms in total. The third kappa shape index (κ3) is 2.98. The standard InChI is InChI=1S/C21H12N4O3S/c1-28-15-8-4-13(5-9-15)17-10-16-20(29-17)19(26)18(24-23)21(27)25(16)14-6-2-12(11-22)3-7-14/h2-10H,1H3. The zero-order valence-corrected chi connectivity index (χ0v) is 15.9. The highest BCUT2D eigenvalue weighted by atomic mass is 32.1. The van der Waals surface area contributed by atoms with Gasteiger partial charge >= 0.3 is 5.69 Å². The fourth-order valence-electron chi connectivity index (χ4n) is 3.06. The molecule has 0 amide bonds. The molecule has 0 aliphatic rings. The maximum absolute atomic E-state index is 12.9. The van der Waals surface area contributed by atoms with Gasteiger partial charge in [-0.3, -0.25) is 4.79 Å². The Hall–Kier alpha value is -4.14. The van der Waals surface area contributed by atoms with Gasteiger partial charge in [0, 0.05) is 10.6 Å². The average molecular weight is 400 g/mol. The van der Waals surface area contributed by atoms with Crippen LogP contribution in [0.2, 0.25) is 0 Å². The van der Waals surface area contributed by atoms with Gasteiger partial charge in [0.2, 0.25) is 5.39 Å². The number of diazo groups is 1. The fraction of sp³-hybridized carbons (Fsp3) is 0.0476. The largest absolute Gasteiger partial charge is 0.854 e. The summed E-state index contributed by atoms with van der Waals surface area (Å²) in [6, 6.07) is 17.5. The zero-order valence-electron chi connectivity index (χ0n) is 15.1. The van der Waals surface area contributed by atoms with Crippen LogP contribution in [0, 0.1) is 16.7 Å². The topological polar surface area (TPSA) is 106 Å². The number of ether oxygens (including phenoxy) is 1. The van der Waals surface area contributed by atoms with E-state index < -0.39 is 17.0 Å². The van der Waals surface area contributed by atoms with Crippen LogP contribution in [0.15, 0.2) is 59.4 Å². The van der Waals surface area contributed by atoms with Gasteiger partial charge < -0.3 is 14.4 Å². The third-order valence-corrected chi connectivity index (χ3v) is 5.68. The minimum absolute atomic E-state index is 0.299. The molecule has 0 saturated heterocycles. The molecule has 29 heavy (non-hydrogen) atoms. The van der Waals surface area contributed by atoms with Gasteiger partial charge in [0.05, 0.1) is 30.1 Å². The van der Waals surface area contributed by atoms with Crippen molar-refractivity contribution in [1.29, 1.82) is 10.7 Å². The van der Waals surface area contributed by atoms with E-state index in [1.54, 1.807) is 49.6 Å². The first-order chi connectivity index (χ1) is 14.1. The van der Waals surface area contributed by atoms with Gasteiger partial charge in [-0.05, 0) is 60.2 Å². The first-order valence-corrected chi connectivity index (χ1v) is 9.28. The molecule has 4 aromatic rings.